The van der Waals surface area contributed by atoms with Gasteiger partial charge in [0.1, 0.15) is 10.3 Å². The van der Waals surface area contributed by atoms with E-state index in [1.165, 1.54) is 5.69 Å². The van der Waals surface area contributed by atoms with Crippen molar-refractivity contribution in [3.63, 3.8) is 0 Å². The van der Waals surface area contributed by atoms with E-state index in [1.807, 2.05) is 11.9 Å². The van der Waals surface area contributed by atoms with E-state index in [4.69, 9.17) is 4.74 Å². The van der Waals surface area contributed by atoms with Crippen LogP contribution in [0.25, 0.3) is 0 Å². The molecule has 22 heavy (non-hydrogen) atoms. The van der Waals surface area contributed by atoms with E-state index in [2.05, 4.69) is 52.3 Å². The first-order chi connectivity index (χ1) is 10.4. The van der Waals surface area contributed by atoms with E-state index >= 15 is 0 Å². The minimum atomic E-state index is -0.0790. The first-order valence-electron chi connectivity index (χ1n) is 8.03. The molecule has 1 aromatic rings. The molecule has 1 spiro atoms. The van der Waals surface area contributed by atoms with Gasteiger partial charge in [0.05, 0.1) is 5.60 Å². The Morgan fingerprint density at radius 1 is 1.41 bits per heavy atom. The summed E-state index contributed by atoms with van der Waals surface area (Å²) >= 11 is 2.31. The fourth-order valence-corrected chi connectivity index (χ4v) is 5.11. The Bertz CT molecular complexity index is 615. The number of ether oxygens (including phenoxy) is 1. The highest BCUT2D eigenvalue weighted by Crippen LogP contribution is 2.67. The normalized spacial score (nSPS) is 37.2. The zero-order valence-electron chi connectivity index (χ0n) is 13.3. The predicted molar refractivity (Wildman–Crippen MR) is 90.6 cm³/mol. The molecule has 1 aromatic heterocycles. The van der Waals surface area contributed by atoms with Crippen molar-refractivity contribution in [3.8, 4) is 0 Å². The molecule has 0 aromatic carbocycles. The topological polar surface area (TPSA) is 47.4 Å². The minimum Gasteiger partial charge on any atom is -0.363 e. The Balaban J connectivity index is 1.50. The smallest absolute Gasteiger partial charge is 0.248 e. The molecule has 5 nitrogen and oxygen atoms in total. The number of fused-ring (bicyclic) bond motifs is 1. The molecule has 1 aliphatic heterocycles. The molecule has 1 saturated heterocycles. The Hall–Kier alpha value is -0.630. The Morgan fingerprint density at radius 3 is 2.68 bits per heavy atom. The predicted octanol–water partition coefficient (Wildman–Crippen LogP) is 2.42. The fourth-order valence-electron chi connectivity index (χ4n) is 4.56. The van der Waals surface area contributed by atoms with Gasteiger partial charge in [0, 0.05) is 31.2 Å². The largest absolute Gasteiger partial charge is 0.363 e. The molecule has 0 N–H and O–H groups in total. The minimum absolute atomic E-state index is 0.0790. The number of morpholine rings is 1. The highest BCUT2D eigenvalue weighted by atomic mass is 127. The highest BCUT2D eigenvalue weighted by molar-refractivity contribution is 14.1. The van der Waals surface area contributed by atoms with Gasteiger partial charge in [0.15, 0.2) is 0 Å². The number of amides is 1. The van der Waals surface area contributed by atoms with Gasteiger partial charge in [-0.3, -0.25) is 9.48 Å². The first-order valence-corrected chi connectivity index (χ1v) is 9.11. The summed E-state index contributed by atoms with van der Waals surface area (Å²) in [4.78, 5) is 13.5. The van der Waals surface area contributed by atoms with Crippen LogP contribution < -0.4 is 0 Å². The van der Waals surface area contributed by atoms with Crippen LogP contribution in [0.3, 0.4) is 0 Å². The van der Waals surface area contributed by atoms with E-state index in [0.717, 1.165) is 23.1 Å². The molecule has 3 aliphatic rings. The number of rotatable bonds is 2. The summed E-state index contributed by atoms with van der Waals surface area (Å²) in [5.41, 5.74) is 1.31. The molecule has 2 heterocycles. The van der Waals surface area contributed by atoms with Gasteiger partial charge in [-0.25, -0.2) is 0 Å². The Morgan fingerprint density at radius 2 is 2.09 bits per heavy atom. The van der Waals surface area contributed by atoms with Gasteiger partial charge in [-0.2, -0.15) is 5.10 Å². The summed E-state index contributed by atoms with van der Waals surface area (Å²) in [7, 11) is 1.89. The number of likely N-dealkylation sites (N-methyl/N-ethyl adjacent to an activating group) is 1. The van der Waals surface area contributed by atoms with Gasteiger partial charge < -0.3 is 9.64 Å². The van der Waals surface area contributed by atoms with Gasteiger partial charge in [-0.05, 0) is 67.2 Å². The van der Waals surface area contributed by atoms with Crippen molar-refractivity contribution in [3.05, 3.63) is 15.5 Å². The van der Waals surface area contributed by atoms with E-state index in [0.29, 0.717) is 23.8 Å². The summed E-state index contributed by atoms with van der Waals surface area (Å²) in [5.74, 6) is 2.14. The number of halogens is 1. The number of nitrogens with zero attached hydrogens (tertiary/aromatic N) is 3. The molecule has 2 unspecified atom stereocenters. The van der Waals surface area contributed by atoms with E-state index in [1.54, 1.807) is 0 Å². The van der Waals surface area contributed by atoms with Crippen molar-refractivity contribution in [2.45, 2.75) is 44.2 Å². The van der Waals surface area contributed by atoms with Crippen LogP contribution in [-0.4, -0.2) is 46.4 Å². The maximum absolute atomic E-state index is 11.6. The SMILES string of the molecule is CC(C)n1nc(I)cc1C1[C@H]2CC3(C[C@@H]12)CN(C)C(=O)CO3. The van der Waals surface area contributed by atoms with Gasteiger partial charge >= 0.3 is 0 Å². The van der Waals surface area contributed by atoms with E-state index in [-0.39, 0.29) is 18.1 Å². The van der Waals surface area contributed by atoms with Crippen molar-refractivity contribution in [1.82, 2.24) is 14.7 Å². The van der Waals surface area contributed by atoms with Crippen molar-refractivity contribution < 1.29 is 9.53 Å². The molecule has 0 radical (unpaired) electrons. The zero-order valence-corrected chi connectivity index (χ0v) is 15.4. The third-order valence-electron chi connectivity index (χ3n) is 5.57. The molecule has 1 amide bonds. The molecule has 2 aliphatic carbocycles. The lowest BCUT2D eigenvalue weighted by molar-refractivity contribution is -0.162. The first kappa shape index (κ1) is 14.9. The monoisotopic (exact) mass is 415 g/mol. The summed E-state index contributed by atoms with van der Waals surface area (Å²) in [5, 5.41) is 4.64. The summed E-state index contributed by atoms with van der Waals surface area (Å²) in [6, 6.07) is 2.65. The molecular formula is C16H22IN3O2. The average molecular weight is 415 g/mol. The van der Waals surface area contributed by atoms with Crippen LogP contribution >= 0.6 is 22.6 Å². The molecule has 3 fully saturated rings. The van der Waals surface area contributed by atoms with Gasteiger partial charge in [0.25, 0.3) is 0 Å². The standard InChI is InChI=1S/C16H22IN3O2/c1-9(2)20-12(4-13(17)18-20)15-10-5-16(6-11(10)15)8-19(3)14(21)7-22-16/h4,9-11,15H,5-8H2,1-3H3/t10-,11+,15?,16?. The van der Waals surface area contributed by atoms with Crippen LogP contribution in [0.5, 0.6) is 0 Å². The molecule has 4 atom stereocenters. The molecule has 4 rings (SSSR count). The molecule has 120 valence electrons. The second kappa shape index (κ2) is 4.93. The van der Waals surface area contributed by atoms with Crippen molar-refractivity contribution in [1.29, 1.82) is 0 Å². The van der Waals surface area contributed by atoms with Crippen LogP contribution in [0, 0.1) is 15.5 Å². The van der Waals surface area contributed by atoms with Crippen molar-refractivity contribution >= 4 is 28.5 Å². The van der Waals surface area contributed by atoms with E-state index in [9.17, 15) is 4.79 Å². The van der Waals surface area contributed by atoms with Crippen LogP contribution in [0.15, 0.2) is 6.07 Å². The van der Waals surface area contributed by atoms with E-state index < -0.39 is 0 Å². The molecule has 0 bridgehead atoms. The third-order valence-corrected chi connectivity index (χ3v) is 6.09. The van der Waals surface area contributed by atoms with Gasteiger partial charge in [-0.1, -0.05) is 0 Å². The Kier molecular flexibility index (Phi) is 3.35. The van der Waals surface area contributed by atoms with Crippen molar-refractivity contribution in [2.75, 3.05) is 20.2 Å². The van der Waals surface area contributed by atoms with Crippen LogP contribution in [-0.2, 0) is 9.53 Å². The average Bonchev–Trinajstić information content (AvgIpc) is 2.82. The third kappa shape index (κ3) is 2.21. The number of aromatic nitrogens is 2. The number of hydrogen-bond acceptors (Lipinski definition) is 3. The lowest BCUT2D eigenvalue weighted by Crippen LogP contribution is -2.52. The number of carbonyl (C=O) groups excluding carboxylic acids is 1. The highest BCUT2D eigenvalue weighted by Gasteiger charge is 2.64. The quantitative estimate of drug-likeness (QED) is 0.698. The molecular weight excluding hydrogens is 393 g/mol. The van der Waals surface area contributed by atoms with Gasteiger partial charge in [0.2, 0.25) is 5.91 Å². The molecule has 2 saturated carbocycles. The number of hydrogen-bond donors (Lipinski definition) is 0. The summed E-state index contributed by atoms with van der Waals surface area (Å²) < 4.78 is 9.23. The summed E-state index contributed by atoms with van der Waals surface area (Å²) in [6.45, 7) is 5.39. The number of carbonyl (C=O) groups is 1. The van der Waals surface area contributed by atoms with Crippen LogP contribution in [0.2, 0.25) is 0 Å². The zero-order chi connectivity index (χ0) is 15.6. The van der Waals surface area contributed by atoms with Crippen LogP contribution in [0.4, 0.5) is 0 Å². The second-order valence-corrected chi connectivity index (χ2v) is 8.52. The lowest BCUT2D eigenvalue weighted by Gasteiger charge is -2.40. The maximum Gasteiger partial charge on any atom is 0.248 e. The maximum atomic E-state index is 11.6. The molecule has 6 heteroatoms. The Labute approximate surface area is 144 Å². The van der Waals surface area contributed by atoms with Gasteiger partial charge in [-0.15, -0.1) is 0 Å². The lowest BCUT2D eigenvalue weighted by atomic mass is 9.91. The second-order valence-electron chi connectivity index (χ2n) is 7.41. The fraction of sp³-hybridized carbons (Fsp3) is 0.750. The summed E-state index contributed by atoms with van der Waals surface area (Å²) in [6.07, 6.45) is 2.17. The van der Waals surface area contributed by atoms with Crippen molar-refractivity contribution in [2.24, 2.45) is 11.8 Å². The van der Waals surface area contributed by atoms with Crippen LogP contribution in [0.1, 0.15) is 44.3 Å².